The number of carboxylic acid groups (broad SMARTS) is 1. The molecule has 2 amide bonds. The highest BCUT2D eigenvalue weighted by molar-refractivity contribution is 5.77. The maximum Gasteiger partial charge on any atom is 0.322 e. The largest absolute Gasteiger partial charge is 0.480 e. The number of rotatable bonds is 3. The molecule has 1 aliphatic rings. The number of nitrogens with two attached hydrogens (primary N) is 1. The first-order chi connectivity index (χ1) is 7.61. The fourth-order valence-electron chi connectivity index (χ4n) is 1.35. The summed E-state index contributed by atoms with van der Waals surface area (Å²) in [4.78, 5) is 23.6. The van der Waals surface area contributed by atoms with Gasteiger partial charge in [-0.1, -0.05) is 0 Å². The van der Waals surface area contributed by atoms with E-state index in [-0.39, 0.29) is 12.6 Å². The Morgan fingerprint density at radius 3 is 2.88 bits per heavy atom. The van der Waals surface area contributed by atoms with Gasteiger partial charge in [-0.05, 0) is 6.42 Å². The van der Waals surface area contributed by atoms with E-state index in [9.17, 15) is 9.59 Å². The molecule has 7 heteroatoms. The van der Waals surface area contributed by atoms with Crippen molar-refractivity contribution in [3.8, 4) is 0 Å². The number of ether oxygens (including phenoxy) is 1. The van der Waals surface area contributed by atoms with Crippen LogP contribution in [0.4, 0.5) is 4.79 Å². The first-order valence-corrected chi connectivity index (χ1v) is 5.20. The van der Waals surface area contributed by atoms with Crippen molar-refractivity contribution in [2.24, 2.45) is 5.73 Å². The van der Waals surface area contributed by atoms with Gasteiger partial charge in [-0.2, -0.15) is 0 Å². The Labute approximate surface area is 93.5 Å². The number of nitrogens with zero attached hydrogens (tertiary/aromatic N) is 1. The molecule has 0 aromatic heterocycles. The van der Waals surface area contributed by atoms with E-state index in [2.05, 4.69) is 5.32 Å². The zero-order valence-electron chi connectivity index (χ0n) is 9.02. The van der Waals surface area contributed by atoms with E-state index in [4.69, 9.17) is 15.6 Å². The van der Waals surface area contributed by atoms with E-state index >= 15 is 0 Å². The molecule has 1 fully saturated rings. The van der Waals surface area contributed by atoms with Gasteiger partial charge in [-0.15, -0.1) is 0 Å². The molecule has 0 aromatic rings. The van der Waals surface area contributed by atoms with Crippen LogP contribution in [-0.4, -0.2) is 60.9 Å². The van der Waals surface area contributed by atoms with Crippen molar-refractivity contribution >= 4 is 12.0 Å². The van der Waals surface area contributed by atoms with Crippen LogP contribution in [0.25, 0.3) is 0 Å². The molecule has 1 heterocycles. The maximum atomic E-state index is 11.6. The molecule has 0 spiro atoms. The van der Waals surface area contributed by atoms with Gasteiger partial charge in [-0.3, -0.25) is 4.79 Å². The summed E-state index contributed by atoms with van der Waals surface area (Å²) in [6.07, 6.45) is 0.790. The first-order valence-electron chi connectivity index (χ1n) is 5.20. The van der Waals surface area contributed by atoms with E-state index in [1.807, 2.05) is 0 Å². The molecule has 1 rings (SSSR count). The molecule has 0 aromatic carbocycles. The second kappa shape index (κ2) is 6.29. The lowest BCUT2D eigenvalue weighted by atomic mass is 10.3. The molecule has 92 valence electrons. The third-order valence-corrected chi connectivity index (χ3v) is 2.30. The Morgan fingerprint density at radius 1 is 1.44 bits per heavy atom. The lowest BCUT2D eigenvalue weighted by molar-refractivity contribution is -0.138. The minimum Gasteiger partial charge on any atom is -0.480 e. The van der Waals surface area contributed by atoms with E-state index in [1.54, 1.807) is 4.90 Å². The standard InChI is InChI=1S/C9H17N3O4/c10-7(8(13)14)6-11-9(15)12-2-1-4-16-5-3-12/h7H,1-6,10H2,(H,11,15)(H,13,14). The number of hydrogen-bond donors (Lipinski definition) is 3. The summed E-state index contributed by atoms with van der Waals surface area (Å²) >= 11 is 0. The van der Waals surface area contributed by atoms with Crippen molar-refractivity contribution < 1.29 is 19.4 Å². The van der Waals surface area contributed by atoms with Crippen molar-refractivity contribution in [2.45, 2.75) is 12.5 Å². The van der Waals surface area contributed by atoms with E-state index in [0.717, 1.165) is 6.42 Å². The molecule has 1 atom stereocenters. The number of urea groups is 1. The number of carbonyl (C=O) groups excluding carboxylic acids is 1. The lowest BCUT2D eigenvalue weighted by Gasteiger charge is -2.20. The highest BCUT2D eigenvalue weighted by atomic mass is 16.5. The van der Waals surface area contributed by atoms with Gasteiger partial charge in [0.15, 0.2) is 0 Å². The van der Waals surface area contributed by atoms with Gasteiger partial charge in [0.05, 0.1) is 6.61 Å². The number of carbonyl (C=O) groups is 2. The Morgan fingerprint density at radius 2 is 2.19 bits per heavy atom. The molecule has 4 N–H and O–H groups in total. The van der Waals surface area contributed by atoms with Gasteiger partial charge in [0.1, 0.15) is 6.04 Å². The average Bonchev–Trinajstić information content (AvgIpc) is 2.53. The number of nitrogens with one attached hydrogen (secondary N) is 1. The smallest absolute Gasteiger partial charge is 0.322 e. The molecule has 0 aliphatic carbocycles. The van der Waals surface area contributed by atoms with Gasteiger partial charge in [0.25, 0.3) is 0 Å². The van der Waals surface area contributed by atoms with Crippen LogP contribution in [0.15, 0.2) is 0 Å². The highest BCUT2D eigenvalue weighted by Crippen LogP contribution is 1.99. The summed E-state index contributed by atoms with van der Waals surface area (Å²) in [7, 11) is 0. The van der Waals surface area contributed by atoms with Crippen molar-refractivity contribution in [1.82, 2.24) is 10.2 Å². The lowest BCUT2D eigenvalue weighted by Crippen LogP contribution is -2.47. The number of aliphatic carboxylic acids is 1. The summed E-state index contributed by atoms with van der Waals surface area (Å²) in [6.45, 7) is 2.24. The fraction of sp³-hybridized carbons (Fsp3) is 0.778. The van der Waals surface area contributed by atoms with E-state index in [0.29, 0.717) is 26.3 Å². The summed E-state index contributed by atoms with van der Waals surface area (Å²) in [5.74, 6) is -1.13. The molecule has 1 unspecified atom stereocenters. The quantitative estimate of drug-likeness (QED) is 0.567. The van der Waals surface area contributed by atoms with E-state index < -0.39 is 12.0 Å². The Hall–Kier alpha value is -1.34. The van der Waals surface area contributed by atoms with Crippen LogP contribution in [-0.2, 0) is 9.53 Å². The minimum absolute atomic E-state index is 0.0640. The van der Waals surface area contributed by atoms with Gasteiger partial charge in [0, 0.05) is 26.2 Å². The van der Waals surface area contributed by atoms with Crippen molar-refractivity contribution in [2.75, 3.05) is 32.8 Å². The maximum absolute atomic E-state index is 11.6. The number of amides is 2. The average molecular weight is 231 g/mol. The summed E-state index contributed by atoms with van der Waals surface area (Å²) in [6, 6.07) is -1.35. The number of carboxylic acids is 1. The molecular weight excluding hydrogens is 214 g/mol. The van der Waals surface area contributed by atoms with Gasteiger partial charge >= 0.3 is 12.0 Å². The van der Waals surface area contributed by atoms with Gasteiger partial charge in [0.2, 0.25) is 0 Å². The van der Waals surface area contributed by atoms with Crippen LogP contribution < -0.4 is 11.1 Å². The second-order valence-corrected chi connectivity index (χ2v) is 3.58. The highest BCUT2D eigenvalue weighted by Gasteiger charge is 2.17. The Bertz CT molecular complexity index is 251. The van der Waals surface area contributed by atoms with Crippen LogP contribution >= 0.6 is 0 Å². The molecule has 1 saturated heterocycles. The molecule has 0 radical (unpaired) electrons. The molecule has 1 aliphatic heterocycles. The normalized spacial score (nSPS) is 18.7. The van der Waals surface area contributed by atoms with Crippen LogP contribution in [0, 0.1) is 0 Å². The van der Waals surface area contributed by atoms with Gasteiger partial charge < -0.3 is 25.8 Å². The van der Waals surface area contributed by atoms with Gasteiger partial charge in [-0.25, -0.2) is 4.79 Å². The molecule has 0 saturated carbocycles. The monoisotopic (exact) mass is 231 g/mol. The molecule has 0 bridgehead atoms. The fourth-order valence-corrected chi connectivity index (χ4v) is 1.35. The van der Waals surface area contributed by atoms with Crippen molar-refractivity contribution in [1.29, 1.82) is 0 Å². The number of hydrogen-bond acceptors (Lipinski definition) is 4. The second-order valence-electron chi connectivity index (χ2n) is 3.58. The molecule has 7 nitrogen and oxygen atoms in total. The van der Waals surface area contributed by atoms with Crippen molar-refractivity contribution in [3.05, 3.63) is 0 Å². The molecule has 16 heavy (non-hydrogen) atoms. The predicted octanol–water partition coefficient (Wildman–Crippen LogP) is -1.17. The summed E-state index contributed by atoms with van der Waals surface area (Å²) in [5, 5.41) is 11.0. The molecular formula is C9H17N3O4. The van der Waals surface area contributed by atoms with Crippen LogP contribution in [0.2, 0.25) is 0 Å². The zero-order valence-corrected chi connectivity index (χ0v) is 9.02. The van der Waals surface area contributed by atoms with E-state index in [1.165, 1.54) is 0 Å². The SMILES string of the molecule is NC(CNC(=O)N1CCCOCC1)C(=O)O. The Balaban J connectivity index is 2.30. The minimum atomic E-state index is -1.13. The third kappa shape index (κ3) is 4.03. The van der Waals surface area contributed by atoms with Crippen LogP contribution in [0.5, 0.6) is 0 Å². The first kappa shape index (κ1) is 12.7. The predicted molar refractivity (Wildman–Crippen MR) is 56.0 cm³/mol. The van der Waals surface area contributed by atoms with Crippen molar-refractivity contribution in [3.63, 3.8) is 0 Å². The summed E-state index contributed by atoms with van der Waals surface area (Å²) in [5.41, 5.74) is 5.27. The Kier molecular flexibility index (Phi) is 5.00. The topological polar surface area (TPSA) is 105 Å². The summed E-state index contributed by atoms with van der Waals surface area (Å²) < 4.78 is 5.20. The third-order valence-electron chi connectivity index (χ3n) is 2.30. The zero-order chi connectivity index (χ0) is 12.0. The van der Waals surface area contributed by atoms with Crippen LogP contribution in [0.3, 0.4) is 0 Å². The van der Waals surface area contributed by atoms with Crippen LogP contribution in [0.1, 0.15) is 6.42 Å².